The number of imidazole rings is 1. The van der Waals surface area contributed by atoms with E-state index in [0.29, 0.717) is 16.9 Å². The fraction of sp³-hybridized carbons (Fsp3) is 0.286. The highest BCUT2D eigenvalue weighted by atomic mass is 16.3. The lowest BCUT2D eigenvalue weighted by Gasteiger charge is -2.22. The molecular formula is C14H14N4O4. The van der Waals surface area contributed by atoms with Gasteiger partial charge in [-0.1, -0.05) is 0 Å². The van der Waals surface area contributed by atoms with Crippen LogP contribution >= 0.6 is 0 Å². The number of nitrogens with zero attached hydrogens (tertiary/aromatic N) is 1. The highest BCUT2D eigenvalue weighted by Crippen LogP contribution is 2.25. The van der Waals surface area contributed by atoms with E-state index in [0.717, 1.165) is 0 Å². The number of aryl methyl sites for hydroxylation is 1. The van der Waals surface area contributed by atoms with Gasteiger partial charge < -0.3 is 15.4 Å². The first-order chi connectivity index (χ1) is 10.5. The molecule has 1 aromatic carbocycles. The Morgan fingerprint density at radius 1 is 1.41 bits per heavy atom. The molecule has 2 aromatic rings. The van der Waals surface area contributed by atoms with Crippen LogP contribution in [0.2, 0.25) is 0 Å². The number of aromatic nitrogens is 2. The molecule has 4 N–H and O–H groups in total. The summed E-state index contributed by atoms with van der Waals surface area (Å²) in [4.78, 5) is 42.4. The van der Waals surface area contributed by atoms with Crippen LogP contribution in [0, 0.1) is 6.92 Å². The molecule has 2 heterocycles. The number of fused-ring (bicyclic) bond motifs is 1. The minimum atomic E-state index is -0.806. The second-order valence-corrected chi connectivity index (χ2v) is 5.16. The van der Waals surface area contributed by atoms with E-state index in [2.05, 4.69) is 20.6 Å². The van der Waals surface area contributed by atoms with Gasteiger partial charge in [-0.15, -0.1) is 0 Å². The van der Waals surface area contributed by atoms with Crippen LogP contribution in [0.15, 0.2) is 12.1 Å². The predicted molar refractivity (Wildman–Crippen MR) is 76.1 cm³/mol. The summed E-state index contributed by atoms with van der Waals surface area (Å²) < 4.78 is 0. The van der Waals surface area contributed by atoms with Crippen LogP contribution in [-0.2, 0) is 9.59 Å². The fourth-order valence-corrected chi connectivity index (χ4v) is 2.47. The molecule has 0 radical (unpaired) electrons. The maximum Gasteiger partial charge on any atom is 0.257 e. The third-order valence-electron chi connectivity index (χ3n) is 3.52. The first-order valence-corrected chi connectivity index (χ1v) is 6.78. The monoisotopic (exact) mass is 302 g/mol. The molecule has 1 saturated heterocycles. The summed E-state index contributed by atoms with van der Waals surface area (Å²) >= 11 is 0. The van der Waals surface area contributed by atoms with Crippen molar-refractivity contribution in [2.24, 2.45) is 0 Å². The highest BCUT2D eigenvalue weighted by molar-refractivity contribution is 6.09. The Bertz CT molecular complexity index is 795. The zero-order chi connectivity index (χ0) is 15.9. The van der Waals surface area contributed by atoms with E-state index in [1.54, 1.807) is 13.0 Å². The number of nitrogens with one attached hydrogen (secondary N) is 3. The Hall–Kier alpha value is -2.90. The van der Waals surface area contributed by atoms with E-state index in [1.165, 1.54) is 6.07 Å². The van der Waals surface area contributed by atoms with Gasteiger partial charge in [-0.25, -0.2) is 4.98 Å². The largest absolute Gasteiger partial charge is 0.507 e. The van der Waals surface area contributed by atoms with Crippen LogP contribution < -0.4 is 10.6 Å². The molecule has 114 valence electrons. The second-order valence-electron chi connectivity index (χ2n) is 5.16. The van der Waals surface area contributed by atoms with Crippen molar-refractivity contribution < 1.29 is 19.5 Å². The number of carbonyl (C=O) groups excluding carboxylic acids is 3. The van der Waals surface area contributed by atoms with E-state index in [9.17, 15) is 19.5 Å². The second kappa shape index (κ2) is 5.14. The van der Waals surface area contributed by atoms with Gasteiger partial charge in [-0.05, 0) is 25.5 Å². The molecule has 8 heteroatoms. The number of amides is 3. The molecule has 0 bridgehead atoms. The number of piperidine rings is 1. The van der Waals surface area contributed by atoms with Gasteiger partial charge in [0.15, 0.2) is 0 Å². The zero-order valence-corrected chi connectivity index (χ0v) is 11.8. The van der Waals surface area contributed by atoms with Gasteiger partial charge in [0.25, 0.3) is 5.91 Å². The molecule has 3 rings (SSSR count). The molecule has 1 aliphatic heterocycles. The van der Waals surface area contributed by atoms with Gasteiger partial charge in [-0.2, -0.15) is 0 Å². The molecule has 3 amide bonds. The normalized spacial score (nSPS) is 18.3. The molecule has 1 atom stereocenters. The van der Waals surface area contributed by atoms with Crippen molar-refractivity contribution in [3.63, 3.8) is 0 Å². The number of imide groups is 1. The summed E-state index contributed by atoms with van der Waals surface area (Å²) in [6.45, 7) is 1.74. The third kappa shape index (κ3) is 2.39. The van der Waals surface area contributed by atoms with Crippen LogP contribution in [0.5, 0.6) is 5.75 Å². The Labute approximate surface area is 124 Å². The molecule has 0 spiro atoms. The number of phenolic OH excluding ortho intramolecular Hbond substituents is 1. The fourth-order valence-electron chi connectivity index (χ4n) is 2.47. The number of aromatic hydroxyl groups is 1. The Kier molecular flexibility index (Phi) is 3.28. The predicted octanol–water partition coefficient (Wildman–Crippen LogP) is 0.112. The molecule has 22 heavy (non-hydrogen) atoms. The summed E-state index contributed by atoms with van der Waals surface area (Å²) in [5.74, 6) is -1.12. The number of hydrogen-bond acceptors (Lipinski definition) is 5. The van der Waals surface area contributed by atoms with Crippen molar-refractivity contribution in [2.45, 2.75) is 25.8 Å². The first kappa shape index (κ1) is 14.1. The van der Waals surface area contributed by atoms with Gasteiger partial charge in [0.1, 0.15) is 28.7 Å². The van der Waals surface area contributed by atoms with Crippen LogP contribution in [0.4, 0.5) is 0 Å². The van der Waals surface area contributed by atoms with E-state index in [-0.39, 0.29) is 30.1 Å². The van der Waals surface area contributed by atoms with Crippen LogP contribution in [0.1, 0.15) is 29.0 Å². The Balaban J connectivity index is 1.91. The van der Waals surface area contributed by atoms with E-state index >= 15 is 0 Å². The quantitative estimate of drug-likeness (QED) is 0.586. The average Bonchev–Trinajstić information content (AvgIpc) is 2.82. The number of benzene rings is 1. The molecule has 1 unspecified atom stereocenters. The van der Waals surface area contributed by atoms with Crippen LogP contribution in [-0.4, -0.2) is 38.8 Å². The Morgan fingerprint density at radius 3 is 2.91 bits per heavy atom. The first-order valence-electron chi connectivity index (χ1n) is 6.78. The van der Waals surface area contributed by atoms with E-state index in [4.69, 9.17) is 0 Å². The molecule has 0 saturated carbocycles. The minimum Gasteiger partial charge on any atom is -0.507 e. The van der Waals surface area contributed by atoms with E-state index < -0.39 is 17.9 Å². The van der Waals surface area contributed by atoms with Crippen molar-refractivity contribution >= 4 is 28.8 Å². The molecule has 1 fully saturated rings. The molecule has 8 nitrogen and oxygen atoms in total. The lowest BCUT2D eigenvalue weighted by molar-refractivity contribution is -0.134. The average molecular weight is 302 g/mol. The van der Waals surface area contributed by atoms with Gasteiger partial charge in [-0.3, -0.25) is 19.7 Å². The van der Waals surface area contributed by atoms with Gasteiger partial charge in [0, 0.05) is 6.42 Å². The summed E-state index contributed by atoms with van der Waals surface area (Å²) in [6.07, 6.45) is 0.390. The molecule has 0 aliphatic carbocycles. The van der Waals surface area contributed by atoms with Crippen molar-refractivity contribution in [1.82, 2.24) is 20.6 Å². The van der Waals surface area contributed by atoms with Crippen LogP contribution in [0.25, 0.3) is 11.0 Å². The van der Waals surface area contributed by atoms with Crippen molar-refractivity contribution in [3.8, 4) is 5.75 Å². The number of rotatable bonds is 2. The van der Waals surface area contributed by atoms with Crippen molar-refractivity contribution in [2.75, 3.05) is 0 Å². The van der Waals surface area contributed by atoms with Gasteiger partial charge in [0.05, 0.1) is 5.52 Å². The van der Waals surface area contributed by atoms with Crippen LogP contribution in [0.3, 0.4) is 0 Å². The maximum absolute atomic E-state index is 12.4. The maximum atomic E-state index is 12.4. The van der Waals surface area contributed by atoms with Crippen molar-refractivity contribution in [1.29, 1.82) is 0 Å². The van der Waals surface area contributed by atoms with E-state index in [1.807, 2.05) is 0 Å². The SMILES string of the molecule is Cc1nc2c(C(=O)NC3CCC(=O)NC3=O)c(O)ccc2[nH]1. The summed E-state index contributed by atoms with van der Waals surface area (Å²) in [6, 6.07) is 2.20. The van der Waals surface area contributed by atoms with Gasteiger partial charge in [0.2, 0.25) is 11.8 Å². The molecular weight excluding hydrogens is 288 g/mol. The smallest absolute Gasteiger partial charge is 0.257 e. The number of aromatic amines is 1. The topological polar surface area (TPSA) is 124 Å². The van der Waals surface area contributed by atoms with Gasteiger partial charge >= 0.3 is 0 Å². The summed E-state index contributed by atoms with van der Waals surface area (Å²) in [5.41, 5.74) is 0.956. The lowest BCUT2D eigenvalue weighted by atomic mass is 10.0. The summed E-state index contributed by atoms with van der Waals surface area (Å²) in [7, 11) is 0. The zero-order valence-electron chi connectivity index (χ0n) is 11.8. The minimum absolute atomic E-state index is 0.00606. The number of phenols is 1. The lowest BCUT2D eigenvalue weighted by Crippen LogP contribution is -2.52. The number of carbonyl (C=O) groups is 3. The number of H-pyrrole nitrogens is 1. The molecule has 1 aliphatic rings. The highest BCUT2D eigenvalue weighted by Gasteiger charge is 2.29. The molecule has 1 aromatic heterocycles. The summed E-state index contributed by atoms with van der Waals surface area (Å²) in [5, 5.41) is 14.7. The number of hydrogen-bond donors (Lipinski definition) is 4. The Morgan fingerprint density at radius 2 is 2.18 bits per heavy atom. The van der Waals surface area contributed by atoms with Crippen molar-refractivity contribution in [3.05, 3.63) is 23.5 Å². The third-order valence-corrected chi connectivity index (χ3v) is 3.52. The standard InChI is InChI=1S/C14H14N4O4/c1-6-15-7-2-4-9(19)11(12(7)16-6)14(22)17-8-3-5-10(20)18-13(8)21/h2,4,8,19H,3,5H2,1H3,(H,15,16)(H,17,22)(H,18,20,21).